The van der Waals surface area contributed by atoms with E-state index < -0.39 is 0 Å². The van der Waals surface area contributed by atoms with Crippen LogP contribution in [-0.2, 0) is 0 Å². The van der Waals surface area contributed by atoms with Crippen molar-refractivity contribution in [3.05, 3.63) is 17.3 Å². The fourth-order valence-electron chi connectivity index (χ4n) is 0.951. The van der Waals surface area contributed by atoms with Crippen molar-refractivity contribution in [2.75, 3.05) is 5.73 Å². The Balaban J connectivity index is 2.82. The molecule has 12 heavy (non-hydrogen) atoms. The van der Waals surface area contributed by atoms with Gasteiger partial charge in [-0.05, 0) is 6.07 Å². The number of nitrogens with zero attached hydrogens (tertiary/aromatic N) is 2. The summed E-state index contributed by atoms with van der Waals surface area (Å²) in [5.41, 5.74) is 5.56. The summed E-state index contributed by atoms with van der Waals surface area (Å²) < 4.78 is 0. The van der Waals surface area contributed by atoms with E-state index in [1.54, 1.807) is 6.07 Å². The molecular weight excluding hydrogens is 174 g/mol. The lowest BCUT2D eigenvalue weighted by Gasteiger charge is -1.90. The van der Waals surface area contributed by atoms with Gasteiger partial charge in [0, 0.05) is 0 Å². The zero-order valence-electron chi connectivity index (χ0n) is 6.02. The molecule has 0 amide bonds. The molecule has 0 radical (unpaired) electrons. The Morgan fingerprint density at radius 3 is 3.00 bits per heavy atom. The monoisotopic (exact) mass is 179 g/mol. The maximum absolute atomic E-state index is 10.4. The lowest BCUT2D eigenvalue weighted by Crippen LogP contribution is -1.89. The number of aromatic nitrogens is 2. The number of carbonyl (C=O) groups excluding carboxylic acids is 1. The highest BCUT2D eigenvalue weighted by atomic mass is 32.1. The van der Waals surface area contributed by atoms with Gasteiger partial charge >= 0.3 is 0 Å². The molecule has 0 unspecified atom stereocenters. The van der Waals surface area contributed by atoms with Crippen LogP contribution in [0.5, 0.6) is 0 Å². The van der Waals surface area contributed by atoms with Crippen LogP contribution >= 0.6 is 11.3 Å². The third kappa shape index (κ3) is 0.947. The van der Waals surface area contributed by atoms with Crippen molar-refractivity contribution in [3.63, 3.8) is 0 Å². The summed E-state index contributed by atoms with van der Waals surface area (Å²) in [5.74, 6) is 0.421. The highest BCUT2D eigenvalue weighted by molar-refractivity contribution is 7.20. The second-order valence-electron chi connectivity index (χ2n) is 2.24. The molecule has 2 N–H and O–H groups in total. The Morgan fingerprint density at radius 1 is 1.50 bits per heavy atom. The molecule has 2 heterocycles. The maximum atomic E-state index is 10.4. The van der Waals surface area contributed by atoms with Crippen LogP contribution in [0.1, 0.15) is 9.67 Å². The van der Waals surface area contributed by atoms with Crippen LogP contribution in [0.4, 0.5) is 5.82 Å². The van der Waals surface area contributed by atoms with E-state index in [9.17, 15) is 4.79 Å². The van der Waals surface area contributed by atoms with Crippen LogP contribution in [0.25, 0.3) is 10.2 Å². The van der Waals surface area contributed by atoms with Gasteiger partial charge in [0.2, 0.25) is 0 Å². The second kappa shape index (κ2) is 2.53. The number of aldehydes is 1. The molecule has 2 aromatic heterocycles. The van der Waals surface area contributed by atoms with Gasteiger partial charge in [-0.1, -0.05) is 0 Å². The molecule has 0 saturated carbocycles. The summed E-state index contributed by atoms with van der Waals surface area (Å²) >= 11 is 1.31. The fraction of sp³-hybridized carbons (Fsp3) is 0. The summed E-state index contributed by atoms with van der Waals surface area (Å²) in [6.07, 6.45) is 2.18. The van der Waals surface area contributed by atoms with Gasteiger partial charge in [0.25, 0.3) is 0 Å². The minimum absolute atomic E-state index is 0.421. The number of hydrogen-bond acceptors (Lipinski definition) is 5. The predicted octanol–water partition coefficient (Wildman–Crippen LogP) is 1.09. The highest BCUT2D eigenvalue weighted by Gasteiger charge is 2.04. The van der Waals surface area contributed by atoms with Crippen molar-refractivity contribution in [2.24, 2.45) is 0 Å². The number of nitrogen functional groups attached to an aromatic ring is 1. The Morgan fingerprint density at radius 2 is 2.33 bits per heavy atom. The number of hydrogen-bond donors (Lipinski definition) is 1. The average Bonchev–Trinajstić information content (AvgIpc) is 2.49. The van der Waals surface area contributed by atoms with Crippen LogP contribution < -0.4 is 5.73 Å². The first kappa shape index (κ1) is 7.17. The molecule has 0 aromatic carbocycles. The number of rotatable bonds is 1. The van der Waals surface area contributed by atoms with Crippen molar-refractivity contribution in [2.45, 2.75) is 0 Å². The molecule has 0 aliphatic heterocycles. The Labute approximate surface area is 72.1 Å². The van der Waals surface area contributed by atoms with Gasteiger partial charge in [0.05, 0.1) is 10.3 Å². The largest absolute Gasteiger partial charge is 0.383 e. The molecule has 0 aliphatic carbocycles. The van der Waals surface area contributed by atoms with E-state index in [2.05, 4.69) is 9.97 Å². The Hall–Kier alpha value is -1.49. The van der Waals surface area contributed by atoms with E-state index in [4.69, 9.17) is 5.73 Å². The molecule has 0 spiro atoms. The fourth-order valence-corrected chi connectivity index (χ4v) is 1.77. The normalized spacial score (nSPS) is 10.3. The number of anilines is 1. The maximum Gasteiger partial charge on any atom is 0.160 e. The lowest BCUT2D eigenvalue weighted by atomic mass is 10.3. The number of carbonyl (C=O) groups is 1. The molecule has 4 nitrogen and oxygen atoms in total. The van der Waals surface area contributed by atoms with E-state index in [0.717, 1.165) is 16.5 Å². The van der Waals surface area contributed by atoms with Crippen LogP contribution in [0.15, 0.2) is 12.4 Å². The van der Waals surface area contributed by atoms with Crippen molar-refractivity contribution in [1.82, 2.24) is 9.97 Å². The van der Waals surface area contributed by atoms with Crippen molar-refractivity contribution in [3.8, 4) is 0 Å². The first-order chi connectivity index (χ1) is 5.81. The Kier molecular flexibility index (Phi) is 1.51. The van der Waals surface area contributed by atoms with E-state index in [0.29, 0.717) is 10.7 Å². The summed E-state index contributed by atoms with van der Waals surface area (Å²) in [6.45, 7) is 0. The zero-order chi connectivity index (χ0) is 8.55. The molecule has 0 bridgehead atoms. The summed E-state index contributed by atoms with van der Waals surface area (Å²) in [6, 6.07) is 1.70. The molecule has 0 fully saturated rings. The number of nitrogens with two attached hydrogens (primary N) is 1. The first-order valence-corrected chi connectivity index (χ1v) is 4.08. The van der Waals surface area contributed by atoms with E-state index >= 15 is 0 Å². The predicted molar refractivity (Wildman–Crippen MR) is 47.2 cm³/mol. The standard InChI is InChI=1S/C7H5N3OS/c8-6-5-1-4(2-11)12-7(5)10-3-9-6/h1-3H,(H2,8,9,10). The summed E-state index contributed by atoms with van der Waals surface area (Å²) in [5, 5.41) is 0.754. The van der Waals surface area contributed by atoms with Crippen molar-refractivity contribution < 1.29 is 4.79 Å². The first-order valence-electron chi connectivity index (χ1n) is 3.26. The van der Waals surface area contributed by atoms with E-state index in [1.165, 1.54) is 17.7 Å². The molecule has 5 heteroatoms. The van der Waals surface area contributed by atoms with E-state index in [-0.39, 0.29) is 0 Å². The van der Waals surface area contributed by atoms with Gasteiger partial charge in [0.15, 0.2) is 6.29 Å². The smallest absolute Gasteiger partial charge is 0.160 e. The van der Waals surface area contributed by atoms with Crippen molar-refractivity contribution >= 4 is 33.7 Å². The van der Waals surface area contributed by atoms with Crippen LogP contribution in [0, 0.1) is 0 Å². The SMILES string of the molecule is Nc1ncnc2sc(C=O)cc12. The molecule has 60 valence electrons. The summed E-state index contributed by atoms with van der Waals surface area (Å²) in [7, 11) is 0. The third-order valence-electron chi connectivity index (χ3n) is 1.50. The molecule has 2 rings (SSSR count). The van der Waals surface area contributed by atoms with Gasteiger partial charge in [-0.25, -0.2) is 9.97 Å². The lowest BCUT2D eigenvalue weighted by molar-refractivity contribution is 0.112. The quantitative estimate of drug-likeness (QED) is 0.665. The Bertz CT molecular complexity index is 437. The third-order valence-corrected chi connectivity index (χ3v) is 2.46. The van der Waals surface area contributed by atoms with Gasteiger partial charge in [-0.2, -0.15) is 0 Å². The van der Waals surface area contributed by atoms with Gasteiger partial charge < -0.3 is 5.73 Å². The molecule has 0 aliphatic rings. The van der Waals surface area contributed by atoms with Crippen LogP contribution in [0.2, 0.25) is 0 Å². The minimum Gasteiger partial charge on any atom is -0.383 e. The number of thiophene rings is 1. The zero-order valence-corrected chi connectivity index (χ0v) is 6.84. The van der Waals surface area contributed by atoms with Gasteiger partial charge in [-0.3, -0.25) is 4.79 Å². The van der Waals surface area contributed by atoms with E-state index in [1.807, 2.05) is 0 Å². The van der Waals surface area contributed by atoms with Gasteiger partial charge in [-0.15, -0.1) is 11.3 Å². The average molecular weight is 179 g/mol. The van der Waals surface area contributed by atoms with Crippen LogP contribution in [0.3, 0.4) is 0 Å². The molecule has 0 atom stereocenters. The molecule has 0 saturated heterocycles. The minimum atomic E-state index is 0.421. The number of fused-ring (bicyclic) bond motifs is 1. The highest BCUT2D eigenvalue weighted by Crippen LogP contribution is 2.24. The molecule has 2 aromatic rings. The van der Waals surface area contributed by atoms with Gasteiger partial charge in [0.1, 0.15) is 17.0 Å². The van der Waals surface area contributed by atoms with Crippen LogP contribution in [-0.4, -0.2) is 16.3 Å². The topological polar surface area (TPSA) is 68.9 Å². The molecular formula is C7H5N3OS. The van der Waals surface area contributed by atoms with Crippen molar-refractivity contribution in [1.29, 1.82) is 0 Å². The summed E-state index contributed by atoms with van der Waals surface area (Å²) in [4.78, 5) is 19.6. The second-order valence-corrected chi connectivity index (χ2v) is 3.31.